The molecule has 2 aromatic rings. The molecule has 1 aromatic heterocycles. The van der Waals surface area contributed by atoms with Gasteiger partial charge in [0.15, 0.2) is 0 Å². The summed E-state index contributed by atoms with van der Waals surface area (Å²) in [7, 11) is 0. The fourth-order valence-corrected chi connectivity index (χ4v) is 6.49. The number of carbonyl (C=O) groups is 2. The lowest BCUT2D eigenvalue weighted by Crippen LogP contribution is -2.48. The van der Waals surface area contributed by atoms with Gasteiger partial charge in [-0.3, -0.25) is 4.79 Å². The van der Waals surface area contributed by atoms with E-state index in [1.807, 2.05) is 34.9 Å². The molecule has 4 N–H and O–H groups in total. The third-order valence-electron chi connectivity index (χ3n) is 7.21. The highest BCUT2D eigenvalue weighted by Gasteiger charge is 2.49. The van der Waals surface area contributed by atoms with Crippen molar-refractivity contribution >= 4 is 23.5 Å². The quantitative estimate of drug-likeness (QED) is 0.802. The molecule has 5 rings (SSSR count). The van der Waals surface area contributed by atoms with Crippen LogP contribution in [0.2, 0.25) is 5.15 Å². The van der Waals surface area contributed by atoms with Crippen LogP contribution in [0, 0.1) is 17.8 Å². The molecule has 2 saturated carbocycles. The van der Waals surface area contributed by atoms with E-state index in [2.05, 4.69) is 0 Å². The van der Waals surface area contributed by atoms with Gasteiger partial charge in [0.05, 0.1) is 17.3 Å². The molecule has 1 aromatic carbocycles. The number of nitrogens with zero attached hydrogens (tertiary/aromatic N) is 2. The van der Waals surface area contributed by atoms with Crippen molar-refractivity contribution in [3.63, 3.8) is 0 Å². The first-order chi connectivity index (χ1) is 14.0. The third-order valence-corrected chi connectivity index (χ3v) is 7.60. The first kappa shape index (κ1) is 18.6. The van der Waals surface area contributed by atoms with Gasteiger partial charge in [0, 0.05) is 18.7 Å². The van der Waals surface area contributed by atoms with Crippen LogP contribution in [0.4, 0.5) is 4.79 Å². The lowest BCUT2D eigenvalue weighted by atomic mass is 9.79. The van der Waals surface area contributed by atoms with E-state index in [9.17, 15) is 9.59 Å². The molecule has 29 heavy (non-hydrogen) atoms. The molecule has 4 atom stereocenters. The van der Waals surface area contributed by atoms with Gasteiger partial charge < -0.3 is 20.9 Å². The SMILES string of the molecule is NC(=O)c1c(-c2ccccc2)c(Cl)n2c1C(C1CC3CCC1C3)N(C(N)=O)CC2. The van der Waals surface area contributed by atoms with E-state index < -0.39 is 11.9 Å². The number of carbonyl (C=O) groups excluding carboxylic acids is 2. The molecule has 2 fully saturated rings. The number of benzene rings is 1. The van der Waals surface area contributed by atoms with Gasteiger partial charge in [-0.1, -0.05) is 48.4 Å². The Morgan fingerprint density at radius 1 is 1.03 bits per heavy atom. The summed E-state index contributed by atoms with van der Waals surface area (Å²) in [5.41, 5.74) is 14.4. The van der Waals surface area contributed by atoms with Crippen LogP contribution in [-0.2, 0) is 6.54 Å². The minimum atomic E-state index is -0.515. The normalized spacial score (nSPS) is 27.8. The summed E-state index contributed by atoms with van der Waals surface area (Å²) < 4.78 is 1.99. The van der Waals surface area contributed by atoms with Crippen molar-refractivity contribution in [3.8, 4) is 11.1 Å². The highest BCUT2D eigenvalue weighted by Crippen LogP contribution is 2.56. The standard InChI is InChI=1S/C22H25ClN4O2/c23-20-16(13-4-2-1-3-5-13)17(21(24)28)19-18(15-11-12-6-7-14(15)10-12)27(22(25)29)9-8-26(19)20/h1-5,12,14-15,18H,6-11H2,(H2,24,28)(H2,25,29). The minimum absolute atomic E-state index is 0.256. The highest BCUT2D eigenvalue weighted by molar-refractivity contribution is 6.33. The van der Waals surface area contributed by atoms with Gasteiger partial charge in [0.25, 0.3) is 5.91 Å². The molecule has 2 aliphatic carbocycles. The summed E-state index contributed by atoms with van der Waals surface area (Å²) in [4.78, 5) is 26.8. The van der Waals surface area contributed by atoms with Gasteiger partial charge in [-0.15, -0.1) is 0 Å². The number of nitrogens with two attached hydrogens (primary N) is 2. The summed E-state index contributed by atoms with van der Waals surface area (Å²) in [5.74, 6) is 1.02. The second-order valence-corrected chi connectivity index (χ2v) is 8.98. The first-order valence-electron chi connectivity index (χ1n) is 10.3. The topological polar surface area (TPSA) is 94.3 Å². The van der Waals surface area contributed by atoms with Crippen molar-refractivity contribution in [2.24, 2.45) is 29.2 Å². The van der Waals surface area contributed by atoms with Crippen LogP contribution in [0.25, 0.3) is 11.1 Å². The van der Waals surface area contributed by atoms with E-state index in [4.69, 9.17) is 23.1 Å². The summed E-state index contributed by atoms with van der Waals surface area (Å²) in [6.45, 7) is 0.989. The zero-order valence-electron chi connectivity index (χ0n) is 16.2. The maximum Gasteiger partial charge on any atom is 0.315 e. The molecule has 6 nitrogen and oxygen atoms in total. The first-order valence-corrected chi connectivity index (χ1v) is 10.7. The number of rotatable bonds is 3. The van der Waals surface area contributed by atoms with Crippen LogP contribution in [0.3, 0.4) is 0 Å². The van der Waals surface area contributed by atoms with Crippen molar-refractivity contribution < 1.29 is 9.59 Å². The summed E-state index contributed by atoms with van der Waals surface area (Å²) in [6.07, 6.45) is 4.68. The Morgan fingerprint density at radius 3 is 2.38 bits per heavy atom. The predicted molar refractivity (Wildman–Crippen MR) is 111 cm³/mol. The number of halogens is 1. The van der Waals surface area contributed by atoms with Gasteiger partial charge >= 0.3 is 6.03 Å². The molecular formula is C22H25ClN4O2. The van der Waals surface area contributed by atoms with E-state index in [1.54, 1.807) is 4.90 Å². The summed E-state index contributed by atoms with van der Waals surface area (Å²) in [6, 6.07) is 8.90. The molecule has 0 saturated heterocycles. The van der Waals surface area contributed by atoms with E-state index in [0.29, 0.717) is 41.2 Å². The average molecular weight is 413 g/mol. The van der Waals surface area contributed by atoms with E-state index in [0.717, 1.165) is 17.7 Å². The Kier molecular flexibility index (Phi) is 4.35. The van der Waals surface area contributed by atoms with Crippen LogP contribution in [0.1, 0.15) is 47.8 Å². The van der Waals surface area contributed by atoms with Crippen LogP contribution in [-0.4, -0.2) is 28.0 Å². The smallest absolute Gasteiger partial charge is 0.315 e. The Balaban J connectivity index is 1.73. The van der Waals surface area contributed by atoms with Crippen molar-refractivity contribution in [3.05, 3.63) is 46.7 Å². The lowest BCUT2D eigenvalue weighted by Gasteiger charge is -2.42. The van der Waals surface area contributed by atoms with Crippen LogP contribution in [0.15, 0.2) is 30.3 Å². The molecule has 2 bridgehead atoms. The van der Waals surface area contributed by atoms with Gasteiger partial charge in [-0.25, -0.2) is 4.79 Å². The molecule has 1 aliphatic heterocycles. The fourth-order valence-electron chi connectivity index (χ4n) is 6.11. The van der Waals surface area contributed by atoms with E-state index in [1.165, 1.54) is 19.3 Å². The summed E-state index contributed by atoms with van der Waals surface area (Å²) >= 11 is 6.82. The van der Waals surface area contributed by atoms with Gasteiger partial charge in [-0.05, 0) is 42.6 Å². The molecule has 0 radical (unpaired) electrons. The number of primary amides is 2. The second kappa shape index (κ2) is 6.80. The molecule has 4 unspecified atom stereocenters. The second-order valence-electron chi connectivity index (χ2n) is 8.62. The van der Waals surface area contributed by atoms with Crippen molar-refractivity contribution in [2.45, 2.75) is 38.3 Å². The number of urea groups is 1. The Labute approximate surface area is 174 Å². The van der Waals surface area contributed by atoms with E-state index >= 15 is 0 Å². The summed E-state index contributed by atoms with van der Waals surface area (Å²) in [5, 5.41) is 0.511. The fraction of sp³-hybridized carbons (Fsp3) is 0.455. The van der Waals surface area contributed by atoms with Gasteiger partial charge in [-0.2, -0.15) is 0 Å². The monoisotopic (exact) mass is 412 g/mol. The number of hydrogen-bond donors (Lipinski definition) is 2. The van der Waals surface area contributed by atoms with Crippen LogP contribution >= 0.6 is 11.6 Å². The van der Waals surface area contributed by atoms with Crippen molar-refractivity contribution in [1.82, 2.24) is 9.47 Å². The molecule has 7 heteroatoms. The van der Waals surface area contributed by atoms with Gasteiger partial charge in [0.1, 0.15) is 5.15 Å². The van der Waals surface area contributed by atoms with Crippen LogP contribution < -0.4 is 11.5 Å². The van der Waals surface area contributed by atoms with E-state index in [-0.39, 0.29) is 12.0 Å². The predicted octanol–water partition coefficient (Wildman–Crippen LogP) is 3.78. The Hall–Kier alpha value is -2.47. The zero-order chi connectivity index (χ0) is 20.3. The number of hydrogen-bond acceptors (Lipinski definition) is 2. The number of amides is 3. The van der Waals surface area contributed by atoms with Crippen molar-refractivity contribution in [1.29, 1.82) is 0 Å². The lowest BCUT2D eigenvalue weighted by molar-refractivity contribution is 0.0950. The number of aromatic nitrogens is 1. The van der Waals surface area contributed by atoms with Crippen molar-refractivity contribution in [2.75, 3.05) is 6.54 Å². The average Bonchev–Trinajstić information content (AvgIpc) is 3.41. The highest BCUT2D eigenvalue weighted by atomic mass is 35.5. The maximum atomic E-state index is 12.7. The van der Waals surface area contributed by atoms with Crippen LogP contribution in [0.5, 0.6) is 0 Å². The molecule has 152 valence electrons. The van der Waals surface area contributed by atoms with Gasteiger partial charge in [0.2, 0.25) is 0 Å². The maximum absolute atomic E-state index is 12.7. The largest absolute Gasteiger partial charge is 0.366 e. The molecule has 0 spiro atoms. The third kappa shape index (κ3) is 2.76. The Morgan fingerprint density at radius 2 is 1.79 bits per heavy atom. The zero-order valence-corrected chi connectivity index (χ0v) is 16.9. The number of fused-ring (bicyclic) bond motifs is 3. The minimum Gasteiger partial charge on any atom is -0.366 e. The molecule has 2 heterocycles. The Bertz CT molecular complexity index is 986. The molecular weight excluding hydrogens is 388 g/mol. The molecule has 3 amide bonds. The molecule has 3 aliphatic rings.